The van der Waals surface area contributed by atoms with E-state index in [-0.39, 0.29) is 30.0 Å². The van der Waals surface area contributed by atoms with Gasteiger partial charge in [0.25, 0.3) is 17.4 Å². The van der Waals surface area contributed by atoms with E-state index in [1.54, 1.807) is 34.2 Å². The van der Waals surface area contributed by atoms with Crippen LogP contribution < -0.4 is 5.56 Å². The lowest BCUT2D eigenvalue weighted by molar-refractivity contribution is 0.0713. The minimum absolute atomic E-state index is 0.134. The van der Waals surface area contributed by atoms with Gasteiger partial charge >= 0.3 is 0 Å². The molecule has 1 fully saturated rings. The smallest absolute Gasteiger partial charge is 0.273 e. The van der Waals surface area contributed by atoms with E-state index in [4.69, 9.17) is 4.98 Å². The molecule has 4 heterocycles. The zero-order chi connectivity index (χ0) is 22.9. The van der Waals surface area contributed by atoms with Crippen LogP contribution in [0, 0.1) is 5.82 Å². The summed E-state index contributed by atoms with van der Waals surface area (Å²) < 4.78 is 13.2. The third-order valence-electron chi connectivity index (χ3n) is 6.18. The summed E-state index contributed by atoms with van der Waals surface area (Å²) in [7, 11) is 0. The van der Waals surface area contributed by atoms with Crippen molar-refractivity contribution in [2.75, 3.05) is 13.1 Å². The summed E-state index contributed by atoms with van der Waals surface area (Å²) in [5, 5.41) is 0. The summed E-state index contributed by atoms with van der Waals surface area (Å²) >= 11 is 0. The van der Waals surface area contributed by atoms with Gasteiger partial charge in [0.15, 0.2) is 0 Å². The average molecular weight is 447 g/mol. The van der Waals surface area contributed by atoms with Gasteiger partial charge in [0.05, 0.1) is 23.8 Å². The summed E-state index contributed by atoms with van der Waals surface area (Å²) in [6.07, 6.45) is 3.52. The Hall–Kier alpha value is -3.88. The van der Waals surface area contributed by atoms with Gasteiger partial charge in [-0.05, 0) is 49.2 Å². The lowest BCUT2D eigenvalue weighted by Crippen LogP contribution is -2.40. The highest BCUT2D eigenvalue weighted by Gasteiger charge is 2.34. The molecule has 33 heavy (non-hydrogen) atoms. The topological polar surface area (TPSA) is 99.3 Å². The first-order valence-electron chi connectivity index (χ1n) is 10.9. The molecule has 1 aromatic carbocycles. The van der Waals surface area contributed by atoms with Crippen molar-refractivity contribution in [1.82, 2.24) is 24.8 Å². The highest BCUT2D eigenvalue weighted by molar-refractivity contribution is 5.94. The fraction of sp³-hybridized carbons (Fsp3) is 0.292. The number of pyridine rings is 1. The molecule has 1 N–H and O–H groups in total. The molecule has 2 aromatic heterocycles. The van der Waals surface area contributed by atoms with E-state index in [2.05, 4.69) is 9.97 Å². The van der Waals surface area contributed by atoms with Gasteiger partial charge in [-0.3, -0.25) is 19.4 Å². The van der Waals surface area contributed by atoms with Crippen molar-refractivity contribution in [2.45, 2.75) is 31.8 Å². The molecule has 9 heteroatoms. The SMILES string of the molecule is O=C(c1ccc(F)cc1)N1CCc2nc([C@H]3CCCN3C(=O)c3ccccn3)[nH]c(=O)c2C1. The van der Waals surface area contributed by atoms with Crippen LogP contribution in [0.25, 0.3) is 0 Å². The molecule has 2 amide bonds. The maximum atomic E-state index is 13.2. The summed E-state index contributed by atoms with van der Waals surface area (Å²) in [5.74, 6) is -0.383. The van der Waals surface area contributed by atoms with Gasteiger partial charge < -0.3 is 14.8 Å². The molecular weight excluding hydrogens is 425 g/mol. The first-order chi connectivity index (χ1) is 16.0. The minimum atomic E-state index is -0.411. The number of nitrogens with zero attached hydrogens (tertiary/aromatic N) is 4. The summed E-state index contributed by atoms with van der Waals surface area (Å²) in [4.78, 5) is 53.7. The molecule has 0 aliphatic carbocycles. The van der Waals surface area contributed by atoms with Crippen LogP contribution in [-0.4, -0.2) is 49.7 Å². The van der Waals surface area contributed by atoms with Gasteiger partial charge in [-0.2, -0.15) is 0 Å². The molecule has 0 spiro atoms. The number of nitrogens with one attached hydrogen (secondary N) is 1. The molecule has 8 nitrogen and oxygen atoms in total. The van der Waals surface area contributed by atoms with Gasteiger partial charge in [-0.25, -0.2) is 9.37 Å². The molecule has 3 aromatic rings. The number of H-pyrrole nitrogens is 1. The van der Waals surface area contributed by atoms with Gasteiger partial charge in [-0.15, -0.1) is 0 Å². The Kier molecular flexibility index (Phi) is 5.45. The van der Waals surface area contributed by atoms with Crippen LogP contribution in [0.15, 0.2) is 53.5 Å². The first kappa shape index (κ1) is 21.0. The lowest BCUT2D eigenvalue weighted by atomic mass is 10.0. The van der Waals surface area contributed by atoms with Crippen LogP contribution in [-0.2, 0) is 13.0 Å². The normalized spacial score (nSPS) is 17.7. The first-order valence-corrected chi connectivity index (χ1v) is 10.9. The van der Waals surface area contributed by atoms with Crippen molar-refractivity contribution >= 4 is 11.8 Å². The fourth-order valence-corrected chi connectivity index (χ4v) is 4.48. The largest absolute Gasteiger partial charge is 0.334 e. The van der Waals surface area contributed by atoms with E-state index in [0.717, 1.165) is 6.42 Å². The van der Waals surface area contributed by atoms with Crippen molar-refractivity contribution in [2.24, 2.45) is 0 Å². The maximum absolute atomic E-state index is 13.2. The van der Waals surface area contributed by atoms with Crippen molar-refractivity contribution in [3.63, 3.8) is 0 Å². The molecule has 1 saturated heterocycles. The Morgan fingerprint density at radius 1 is 1.06 bits per heavy atom. The van der Waals surface area contributed by atoms with E-state index < -0.39 is 5.82 Å². The molecule has 2 aliphatic rings. The van der Waals surface area contributed by atoms with Crippen LogP contribution in [0.3, 0.4) is 0 Å². The molecule has 2 aliphatic heterocycles. The van der Waals surface area contributed by atoms with E-state index in [9.17, 15) is 18.8 Å². The Morgan fingerprint density at radius 3 is 2.64 bits per heavy atom. The number of hydrogen-bond donors (Lipinski definition) is 1. The van der Waals surface area contributed by atoms with Crippen molar-refractivity contribution in [3.05, 3.63) is 93.2 Å². The van der Waals surface area contributed by atoms with E-state index >= 15 is 0 Å². The van der Waals surface area contributed by atoms with E-state index in [1.807, 2.05) is 0 Å². The van der Waals surface area contributed by atoms with Crippen LogP contribution in [0.1, 0.15) is 56.8 Å². The number of aromatic nitrogens is 3. The zero-order valence-electron chi connectivity index (χ0n) is 17.8. The minimum Gasteiger partial charge on any atom is -0.334 e. The lowest BCUT2D eigenvalue weighted by Gasteiger charge is -2.29. The van der Waals surface area contributed by atoms with Crippen LogP contribution in [0.4, 0.5) is 4.39 Å². The summed E-state index contributed by atoms with van der Waals surface area (Å²) in [6, 6.07) is 10.2. The number of aromatic amines is 1. The summed E-state index contributed by atoms with van der Waals surface area (Å²) in [6.45, 7) is 1.11. The number of halogens is 1. The highest BCUT2D eigenvalue weighted by atomic mass is 19.1. The van der Waals surface area contributed by atoms with E-state index in [0.29, 0.717) is 54.3 Å². The third-order valence-corrected chi connectivity index (χ3v) is 6.18. The number of carbonyl (C=O) groups is 2. The highest BCUT2D eigenvalue weighted by Crippen LogP contribution is 2.31. The van der Waals surface area contributed by atoms with Crippen LogP contribution >= 0.6 is 0 Å². The number of amides is 2. The molecule has 168 valence electrons. The summed E-state index contributed by atoms with van der Waals surface area (Å²) in [5.41, 5.74) is 1.52. The molecule has 1 atom stereocenters. The van der Waals surface area contributed by atoms with Gasteiger partial charge in [0.2, 0.25) is 0 Å². The fourth-order valence-electron chi connectivity index (χ4n) is 4.48. The van der Waals surface area contributed by atoms with Crippen LogP contribution in [0.2, 0.25) is 0 Å². The standard InChI is InChI=1S/C24H22FN5O3/c25-16-8-6-15(7-9-16)23(32)29-13-10-18-17(14-29)22(31)28-21(27-18)20-5-3-12-30(20)24(33)19-4-1-2-11-26-19/h1-2,4,6-9,11,20H,3,5,10,12-14H2,(H,27,28,31)/t20-/m1/s1. The molecule has 0 radical (unpaired) electrons. The zero-order valence-corrected chi connectivity index (χ0v) is 17.8. The number of hydrogen-bond acceptors (Lipinski definition) is 5. The second-order valence-electron chi connectivity index (χ2n) is 8.23. The number of likely N-dealkylation sites (tertiary alicyclic amines) is 1. The molecular formula is C24H22FN5O3. The van der Waals surface area contributed by atoms with Crippen molar-refractivity contribution < 1.29 is 14.0 Å². The van der Waals surface area contributed by atoms with Gasteiger partial charge in [0.1, 0.15) is 17.3 Å². The van der Waals surface area contributed by atoms with E-state index in [1.165, 1.54) is 24.3 Å². The monoisotopic (exact) mass is 447 g/mol. The van der Waals surface area contributed by atoms with Crippen LogP contribution in [0.5, 0.6) is 0 Å². The predicted octanol–water partition coefficient (Wildman–Crippen LogP) is 2.48. The Bertz CT molecular complexity index is 1260. The molecule has 0 bridgehead atoms. The Morgan fingerprint density at radius 2 is 1.88 bits per heavy atom. The number of fused-ring (bicyclic) bond motifs is 1. The Labute approximate surface area is 189 Å². The third kappa shape index (κ3) is 4.02. The molecule has 5 rings (SSSR count). The second-order valence-corrected chi connectivity index (χ2v) is 8.23. The number of carbonyl (C=O) groups excluding carboxylic acids is 2. The Balaban J connectivity index is 1.38. The molecule has 0 unspecified atom stereocenters. The number of rotatable bonds is 3. The second kappa shape index (κ2) is 8.57. The maximum Gasteiger partial charge on any atom is 0.273 e. The average Bonchev–Trinajstić information content (AvgIpc) is 3.34. The van der Waals surface area contributed by atoms with Gasteiger partial charge in [0, 0.05) is 31.3 Å². The quantitative estimate of drug-likeness (QED) is 0.665. The van der Waals surface area contributed by atoms with Gasteiger partial charge in [-0.1, -0.05) is 6.07 Å². The molecule has 0 saturated carbocycles. The predicted molar refractivity (Wildman–Crippen MR) is 117 cm³/mol. The van der Waals surface area contributed by atoms with Crippen molar-refractivity contribution in [1.29, 1.82) is 0 Å². The van der Waals surface area contributed by atoms with Crippen molar-refractivity contribution in [3.8, 4) is 0 Å². The number of benzene rings is 1.